The van der Waals surface area contributed by atoms with Crippen molar-refractivity contribution < 1.29 is 0 Å². The summed E-state index contributed by atoms with van der Waals surface area (Å²) >= 11 is 0. The maximum atomic E-state index is 2.32. The highest BCUT2D eigenvalue weighted by Gasteiger charge is 1.94. The second kappa shape index (κ2) is 4.86. The Morgan fingerprint density at radius 3 is 2.38 bits per heavy atom. The molecular weight excluding hydrogens is 156 g/mol. The van der Waals surface area contributed by atoms with Crippen molar-refractivity contribution in [2.75, 3.05) is 0 Å². The molecule has 0 fully saturated rings. The summed E-state index contributed by atoms with van der Waals surface area (Å²) in [6, 6.07) is 10.5. The predicted octanol–water partition coefficient (Wildman–Crippen LogP) is 4.14. The lowest BCUT2D eigenvalue weighted by Crippen LogP contribution is -1.84. The third-order valence-electron chi connectivity index (χ3n) is 2.12. The van der Waals surface area contributed by atoms with Crippen molar-refractivity contribution in [1.82, 2.24) is 0 Å². The molecule has 13 heavy (non-hydrogen) atoms. The maximum absolute atomic E-state index is 2.32. The van der Waals surface area contributed by atoms with Crippen molar-refractivity contribution in [3.8, 4) is 0 Å². The molecule has 1 aromatic rings. The smallest absolute Gasteiger partial charge is 0.0231 e. The Balaban J connectivity index is 2.68. The van der Waals surface area contributed by atoms with Crippen molar-refractivity contribution >= 4 is 5.57 Å². The summed E-state index contributed by atoms with van der Waals surface area (Å²) in [5, 5.41) is 0. The van der Waals surface area contributed by atoms with E-state index in [1.807, 2.05) is 0 Å². The van der Waals surface area contributed by atoms with Gasteiger partial charge < -0.3 is 0 Å². The summed E-state index contributed by atoms with van der Waals surface area (Å²) in [5.74, 6) is 0.749. The molecule has 0 aliphatic carbocycles. The highest BCUT2D eigenvalue weighted by atomic mass is 14.0. The van der Waals surface area contributed by atoms with Crippen LogP contribution in [0.3, 0.4) is 0 Å². The van der Waals surface area contributed by atoms with Crippen LogP contribution in [-0.2, 0) is 0 Å². The Labute approximate surface area is 81.3 Å². The van der Waals surface area contributed by atoms with Gasteiger partial charge in [0.2, 0.25) is 0 Å². The molecule has 1 aromatic carbocycles. The van der Waals surface area contributed by atoms with E-state index in [9.17, 15) is 0 Å². The fraction of sp³-hybridized carbons (Fsp3) is 0.385. The molecule has 0 aliphatic heterocycles. The molecule has 1 rings (SSSR count). The van der Waals surface area contributed by atoms with Crippen LogP contribution in [-0.4, -0.2) is 0 Å². The van der Waals surface area contributed by atoms with Gasteiger partial charge in [-0.1, -0.05) is 50.3 Å². The molecule has 0 aromatic heterocycles. The first-order valence-electron chi connectivity index (χ1n) is 4.92. The van der Waals surface area contributed by atoms with Gasteiger partial charge in [-0.3, -0.25) is 0 Å². The minimum atomic E-state index is 0.749. The van der Waals surface area contributed by atoms with Crippen LogP contribution in [0.5, 0.6) is 0 Å². The molecule has 0 aliphatic rings. The molecule has 0 atom stereocenters. The fourth-order valence-electron chi connectivity index (χ4n) is 1.23. The van der Waals surface area contributed by atoms with E-state index in [4.69, 9.17) is 0 Å². The molecule has 0 saturated heterocycles. The van der Waals surface area contributed by atoms with E-state index in [1.165, 1.54) is 17.6 Å². The van der Waals surface area contributed by atoms with Crippen molar-refractivity contribution in [2.24, 2.45) is 5.92 Å². The molecule has 0 unspecified atom stereocenters. The lowest BCUT2D eigenvalue weighted by atomic mass is 10.0. The minimum Gasteiger partial charge on any atom is -0.0807 e. The third kappa shape index (κ3) is 3.45. The van der Waals surface area contributed by atoms with Crippen LogP contribution >= 0.6 is 0 Å². The van der Waals surface area contributed by atoms with Gasteiger partial charge in [0, 0.05) is 0 Å². The average molecular weight is 174 g/mol. The normalized spacial score (nSPS) is 12.2. The van der Waals surface area contributed by atoms with Gasteiger partial charge in [0.15, 0.2) is 0 Å². The van der Waals surface area contributed by atoms with Gasteiger partial charge in [-0.25, -0.2) is 0 Å². The number of hydrogen-bond donors (Lipinski definition) is 0. The highest BCUT2D eigenvalue weighted by Crippen LogP contribution is 2.15. The lowest BCUT2D eigenvalue weighted by molar-refractivity contribution is 0.664. The van der Waals surface area contributed by atoms with Crippen LogP contribution in [0.25, 0.3) is 5.57 Å². The first kappa shape index (κ1) is 10.0. The van der Waals surface area contributed by atoms with Crippen LogP contribution < -0.4 is 0 Å². The van der Waals surface area contributed by atoms with Gasteiger partial charge in [0.25, 0.3) is 0 Å². The Morgan fingerprint density at radius 1 is 1.23 bits per heavy atom. The SMILES string of the molecule is C/C(=C/CC(C)C)c1ccccc1. The first-order chi connectivity index (χ1) is 6.20. The van der Waals surface area contributed by atoms with E-state index in [-0.39, 0.29) is 0 Å². The monoisotopic (exact) mass is 174 g/mol. The summed E-state index contributed by atoms with van der Waals surface area (Å²) in [6.45, 7) is 6.67. The van der Waals surface area contributed by atoms with Crippen molar-refractivity contribution in [2.45, 2.75) is 27.2 Å². The van der Waals surface area contributed by atoms with Crippen LogP contribution in [0.1, 0.15) is 32.8 Å². The molecule has 70 valence electrons. The van der Waals surface area contributed by atoms with Crippen LogP contribution in [0.15, 0.2) is 36.4 Å². The quantitative estimate of drug-likeness (QED) is 0.646. The number of rotatable bonds is 3. The molecule has 0 radical (unpaired) electrons. The standard InChI is InChI=1S/C13H18/c1-11(2)9-10-12(3)13-7-5-4-6-8-13/h4-8,10-11H,9H2,1-3H3/b12-10-. The summed E-state index contributed by atoms with van der Waals surface area (Å²) in [5.41, 5.74) is 2.72. The highest BCUT2D eigenvalue weighted by molar-refractivity contribution is 5.63. The second-order valence-corrected chi connectivity index (χ2v) is 3.88. The Kier molecular flexibility index (Phi) is 3.75. The molecule has 0 bridgehead atoms. The fourth-order valence-corrected chi connectivity index (χ4v) is 1.23. The van der Waals surface area contributed by atoms with E-state index in [1.54, 1.807) is 0 Å². The maximum Gasteiger partial charge on any atom is -0.0231 e. The van der Waals surface area contributed by atoms with Crippen LogP contribution in [0, 0.1) is 5.92 Å². The number of allylic oxidation sites excluding steroid dienone is 2. The average Bonchev–Trinajstić information content (AvgIpc) is 2.15. The minimum absolute atomic E-state index is 0.749. The second-order valence-electron chi connectivity index (χ2n) is 3.88. The zero-order chi connectivity index (χ0) is 9.68. The van der Waals surface area contributed by atoms with E-state index in [2.05, 4.69) is 57.2 Å². The third-order valence-corrected chi connectivity index (χ3v) is 2.12. The largest absolute Gasteiger partial charge is 0.0807 e. The van der Waals surface area contributed by atoms with Gasteiger partial charge in [0.05, 0.1) is 0 Å². The van der Waals surface area contributed by atoms with Gasteiger partial charge in [-0.05, 0) is 30.4 Å². The number of hydrogen-bond acceptors (Lipinski definition) is 0. The van der Waals surface area contributed by atoms with Crippen LogP contribution in [0.4, 0.5) is 0 Å². The topological polar surface area (TPSA) is 0 Å². The summed E-state index contributed by atoms with van der Waals surface area (Å²) in [7, 11) is 0. The summed E-state index contributed by atoms with van der Waals surface area (Å²) < 4.78 is 0. The van der Waals surface area contributed by atoms with Gasteiger partial charge in [-0.2, -0.15) is 0 Å². The van der Waals surface area contributed by atoms with Gasteiger partial charge in [0.1, 0.15) is 0 Å². The van der Waals surface area contributed by atoms with Crippen molar-refractivity contribution in [3.63, 3.8) is 0 Å². The molecule has 0 amide bonds. The molecule has 0 N–H and O–H groups in total. The molecule has 0 heterocycles. The van der Waals surface area contributed by atoms with E-state index >= 15 is 0 Å². The molecule has 0 nitrogen and oxygen atoms in total. The number of benzene rings is 1. The molecular formula is C13H18. The van der Waals surface area contributed by atoms with Crippen molar-refractivity contribution in [3.05, 3.63) is 42.0 Å². The molecule has 0 spiro atoms. The lowest BCUT2D eigenvalue weighted by Gasteiger charge is -2.03. The van der Waals surface area contributed by atoms with Gasteiger partial charge in [-0.15, -0.1) is 0 Å². The van der Waals surface area contributed by atoms with E-state index in [0.717, 1.165) is 5.92 Å². The Hall–Kier alpha value is -1.04. The Bertz CT molecular complexity index is 267. The van der Waals surface area contributed by atoms with E-state index < -0.39 is 0 Å². The summed E-state index contributed by atoms with van der Waals surface area (Å²) in [6.07, 6.45) is 3.49. The van der Waals surface area contributed by atoms with E-state index in [0.29, 0.717) is 0 Å². The zero-order valence-corrected chi connectivity index (χ0v) is 8.75. The Morgan fingerprint density at radius 2 is 1.85 bits per heavy atom. The molecule has 0 saturated carbocycles. The van der Waals surface area contributed by atoms with Crippen molar-refractivity contribution in [1.29, 1.82) is 0 Å². The predicted molar refractivity (Wildman–Crippen MR) is 59.5 cm³/mol. The first-order valence-corrected chi connectivity index (χ1v) is 4.92. The summed E-state index contributed by atoms with van der Waals surface area (Å²) in [4.78, 5) is 0. The van der Waals surface area contributed by atoms with Crippen LogP contribution in [0.2, 0.25) is 0 Å². The molecule has 0 heteroatoms. The van der Waals surface area contributed by atoms with Gasteiger partial charge >= 0.3 is 0 Å². The zero-order valence-electron chi connectivity index (χ0n) is 8.75.